The van der Waals surface area contributed by atoms with E-state index >= 15 is 4.39 Å². The Morgan fingerprint density at radius 3 is 2.23 bits per heavy atom. The number of amides is 1. The Labute approximate surface area is 189 Å². The van der Waals surface area contributed by atoms with E-state index in [-0.39, 0.29) is 24.1 Å². The summed E-state index contributed by atoms with van der Waals surface area (Å²) in [6.45, 7) is 6.03. The molecule has 1 atom stereocenters. The van der Waals surface area contributed by atoms with E-state index in [0.29, 0.717) is 31.4 Å². The molecule has 0 radical (unpaired) electrons. The van der Waals surface area contributed by atoms with Crippen molar-refractivity contribution in [2.45, 2.75) is 91.7 Å². The number of pyridine rings is 1. The van der Waals surface area contributed by atoms with Gasteiger partial charge in [-0.1, -0.05) is 0 Å². The molecule has 176 valence electrons. The van der Waals surface area contributed by atoms with Gasteiger partial charge in [-0.25, -0.2) is 0 Å². The molecule has 1 aromatic rings. The zero-order valence-corrected chi connectivity index (χ0v) is 22.9. The van der Waals surface area contributed by atoms with Crippen molar-refractivity contribution in [2.75, 3.05) is 11.4 Å². The first-order valence-electron chi connectivity index (χ1n) is 11.1. The number of carbonyl (C=O) groups excluding carboxylic acids is 1. The molecule has 5 nitrogen and oxygen atoms in total. The average Bonchev–Trinajstić information content (AvgIpc) is 2.63. The molecule has 1 heterocycles. The summed E-state index contributed by atoms with van der Waals surface area (Å²) in [5, 5.41) is 10.2. The van der Waals surface area contributed by atoms with Crippen LogP contribution in [0.5, 0.6) is 0 Å². The third-order valence-corrected chi connectivity index (χ3v) is 11.6. The van der Waals surface area contributed by atoms with E-state index in [1.165, 1.54) is 20.0 Å². The maximum atomic E-state index is 15.1. The predicted octanol–water partition coefficient (Wildman–Crippen LogP) is 3.95. The molecule has 0 bridgehead atoms. The van der Waals surface area contributed by atoms with Crippen LogP contribution in [0.15, 0.2) is 12.3 Å². The molecule has 1 aliphatic rings. The second kappa shape index (κ2) is 9.49. The van der Waals surface area contributed by atoms with Gasteiger partial charge in [0.05, 0.1) is 0 Å². The van der Waals surface area contributed by atoms with Crippen LogP contribution in [0, 0.1) is 5.92 Å². The van der Waals surface area contributed by atoms with Crippen LogP contribution >= 0.6 is 0 Å². The van der Waals surface area contributed by atoms with Crippen LogP contribution in [0.3, 0.4) is 0 Å². The third kappa shape index (κ3) is 6.76. The van der Waals surface area contributed by atoms with E-state index in [4.69, 9.17) is 5.73 Å². The molecule has 1 fully saturated rings. The Balaban J connectivity index is 2.49. The van der Waals surface area contributed by atoms with Crippen LogP contribution in [0.4, 0.5) is 14.5 Å². The van der Waals surface area contributed by atoms with E-state index < -0.39 is 41.7 Å². The Kier molecular flexibility index (Phi) is 8.05. The maximum absolute atomic E-state index is 15.1. The molecule has 0 aliphatic heterocycles. The summed E-state index contributed by atoms with van der Waals surface area (Å²) < 4.78 is 30.5. The van der Waals surface area contributed by atoms with Crippen molar-refractivity contribution < 1.29 is 18.7 Å². The molecule has 0 aromatic carbocycles. The average molecular weight is 546 g/mol. The number of primary amides is 1. The van der Waals surface area contributed by atoms with Crippen molar-refractivity contribution in [1.82, 2.24) is 4.98 Å². The summed E-state index contributed by atoms with van der Waals surface area (Å²) in [6, 6.07) is 1.83. The monoisotopic (exact) mass is 547 g/mol. The predicted molar refractivity (Wildman–Crippen MR) is 125 cm³/mol. The number of rotatable bonds is 8. The Hall–Kier alpha value is -0.961. The van der Waals surface area contributed by atoms with Crippen molar-refractivity contribution in [3.05, 3.63) is 17.8 Å². The van der Waals surface area contributed by atoms with Crippen LogP contribution in [-0.4, -0.2) is 64.4 Å². The van der Waals surface area contributed by atoms with Crippen LogP contribution in [0.1, 0.15) is 63.7 Å². The summed E-state index contributed by atoms with van der Waals surface area (Å²) in [5.41, 5.74) is 3.72. The molecular formula is C23H39F2N3O2Sn. The topological polar surface area (TPSA) is 79.4 Å². The van der Waals surface area contributed by atoms with Crippen LogP contribution in [0.25, 0.3) is 0 Å². The SMILES string of the molecule is CC(C)(F)C1CCC(N(C[C@@H](F)C(C)(C)O)c2c[c]([Sn]([CH3])([CH3])[CH3])ncc2C(N)=O)CC1. The fraction of sp³-hybridized carbons (Fsp3) is 0.739. The normalized spacial score (nSPS) is 21.6. The van der Waals surface area contributed by atoms with Gasteiger partial charge >= 0.3 is 190 Å². The van der Waals surface area contributed by atoms with Gasteiger partial charge in [0.25, 0.3) is 0 Å². The first kappa shape index (κ1) is 26.3. The second-order valence-corrected chi connectivity index (χ2v) is 25.3. The second-order valence-electron chi connectivity index (χ2n) is 11.0. The summed E-state index contributed by atoms with van der Waals surface area (Å²) >= 11 is -2.60. The number of carbonyl (C=O) groups is 1. The molecule has 2 rings (SSSR count). The van der Waals surface area contributed by atoms with Crippen molar-refractivity contribution >= 4 is 33.7 Å². The standard InChI is InChI=1S/C20H30F2N3O2.3CH3.Sn/c1-19(2,22)13-5-7-14(8-6-13)25(12-17(21)20(3,4)27)16-9-10-24-11-15(16)18(23)26;;;;/h9,11,13-14,17,27H,5-8,12H2,1-4H3,(H2,23,26);3*1H3;/t13?,14?,17-;;;;/m1..../s1. The minimum atomic E-state index is -2.60. The number of halogens is 2. The molecule has 0 saturated heterocycles. The van der Waals surface area contributed by atoms with E-state index in [2.05, 4.69) is 19.8 Å². The Morgan fingerprint density at radius 2 is 1.81 bits per heavy atom. The van der Waals surface area contributed by atoms with E-state index in [0.717, 1.165) is 3.71 Å². The van der Waals surface area contributed by atoms with Crippen molar-refractivity contribution in [1.29, 1.82) is 0 Å². The Morgan fingerprint density at radius 1 is 1.26 bits per heavy atom. The van der Waals surface area contributed by atoms with Gasteiger partial charge in [-0.2, -0.15) is 0 Å². The number of hydrogen-bond donors (Lipinski definition) is 2. The molecule has 3 N–H and O–H groups in total. The zero-order chi connectivity index (χ0) is 23.8. The van der Waals surface area contributed by atoms with E-state index in [1.807, 2.05) is 11.0 Å². The fourth-order valence-corrected chi connectivity index (χ4v) is 7.11. The Bertz CT molecular complexity index is 776. The molecule has 1 aliphatic carbocycles. The molecule has 8 heteroatoms. The number of nitrogens with zero attached hydrogens (tertiary/aromatic N) is 2. The summed E-state index contributed by atoms with van der Waals surface area (Å²) in [7, 11) is 0. The van der Waals surface area contributed by atoms with Crippen LogP contribution < -0.4 is 14.3 Å². The van der Waals surface area contributed by atoms with Gasteiger partial charge in [0, 0.05) is 0 Å². The quantitative estimate of drug-likeness (QED) is 0.485. The van der Waals surface area contributed by atoms with Crippen LogP contribution in [0.2, 0.25) is 14.8 Å². The summed E-state index contributed by atoms with van der Waals surface area (Å²) in [4.78, 5) is 25.3. The van der Waals surface area contributed by atoms with Crippen molar-refractivity contribution in [3.8, 4) is 0 Å². The van der Waals surface area contributed by atoms with Gasteiger partial charge in [0.15, 0.2) is 0 Å². The van der Waals surface area contributed by atoms with Gasteiger partial charge in [-0.3, -0.25) is 0 Å². The number of aromatic nitrogens is 1. The zero-order valence-electron chi connectivity index (χ0n) is 20.0. The minimum absolute atomic E-state index is 0.0459. The molecule has 0 unspecified atom stereocenters. The van der Waals surface area contributed by atoms with Gasteiger partial charge in [-0.15, -0.1) is 0 Å². The van der Waals surface area contributed by atoms with E-state index in [9.17, 15) is 14.3 Å². The van der Waals surface area contributed by atoms with Crippen molar-refractivity contribution in [3.63, 3.8) is 0 Å². The third-order valence-electron chi connectivity index (χ3n) is 6.46. The first-order valence-corrected chi connectivity index (χ1v) is 21.1. The summed E-state index contributed by atoms with van der Waals surface area (Å²) in [6.07, 6.45) is 2.73. The number of aliphatic hydroxyl groups is 1. The molecule has 31 heavy (non-hydrogen) atoms. The number of alkyl halides is 2. The molecule has 0 spiro atoms. The molecular weight excluding hydrogens is 507 g/mol. The number of anilines is 1. The van der Waals surface area contributed by atoms with Gasteiger partial charge < -0.3 is 0 Å². The van der Waals surface area contributed by atoms with Gasteiger partial charge in [0.2, 0.25) is 0 Å². The number of hydrogen-bond acceptors (Lipinski definition) is 4. The van der Waals surface area contributed by atoms with E-state index in [1.54, 1.807) is 13.8 Å². The molecule has 1 saturated carbocycles. The fourth-order valence-electron chi connectivity index (χ4n) is 4.20. The van der Waals surface area contributed by atoms with Crippen molar-refractivity contribution in [2.24, 2.45) is 11.7 Å². The molecule has 1 amide bonds. The number of nitrogens with two attached hydrogens (primary N) is 1. The summed E-state index contributed by atoms with van der Waals surface area (Å²) in [5.74, 6) is -0.657. The van der Waals surface area contributed by atoms with Gasteiger partial charge in [0.1, 0.15) is 0 Å². The first-order chi connectivity index (χ1) is 14.0. The van der Waals surface area contributed by atoms with Gasteiger partial charge in [-0.05, 0) is 0 Å². The van der Waals surface area contributed by atoms with Crippen LogP contribution in [-0.2, 0) is 0 Å². The molecule has 1 aromatic heterocycles.